The Morgan fingerprint density at radius 1 is 1.50 bits per heavy atom. The number of aryl methyl sites for hydroxylation is 2. The maximum atomic E-state index is 10.4. The minimum atomic E-state index is -3.80. The highest BCUT2D eigenvalue weighted by Gasteiger charge is 2.03. The highest BCUT2D eigenvalue weighted by Crippen LogP contribution is 2.01. The predicted octanol–water partition coefficient (Wildman–Crippen LogP) is 0.860. The number of rotatable bonds is 5. The van der Waals surface area contributed by atoms with Crippen LogP contribution in [0.3, 0.4) is 0 Å². The molecule has 0 unspecified atom stereocenters. The third-order valence-electron chi connectivity index (χ3n) is 1.97. The van der Waals surface area contributed by atoms with Crippen molar-refractivity contribution in [2.75, 3.05) is 5.75 Å². The van der Waals surface area contributed by atoms with Crippen LogP contribution in [-0.2, 0) is 16.7 Å². The van der Waals surface area contributed by atoms with Crippen molar-refractivity contribution >= 4 is 10.1 Å². The minimum Gasteiger partial charge on any atom is -0.335 e. The summed E-state index contributed by atoms with van der Waals surface area (Å²) in [5, 5.41) is 0. The predicted molar refractivity (Wildman–Crippen MR) is 52.6 cm³/mol. The van der Waals surface area contributed by atoms with Gasteiger partial charge in [-0.2, -0.15) is 8.42 Å². The van der Waals surface area contributed by atoms with Gasteiger partial charge in [0.25, 0.3) is 10.1 Å². The van der Waals surface area contributed by atoms with Gasteiger partial charge in [-0.05, 0) is 19.8 Å². The highest BCUT2D eigenvalue weighted by molar-refractivity contribution is 7.85. The summed E-state index contributed by atoms with van der Waals surface area (Å²) in [5.74, 6) is 0.748. The fraction of sp³-hybridized carbons (Fsp3) is 0.625. The fourth-order valence-electron chi connectivity index (χ4n) is 1.21. The molecule has 0 saturated heterocycles. The second-order valence-corrected chi connectivity index (χ2v) is 4.73. The molecular formula is C8H14N2O3S. The Morgan fingerprint density at radius 3 is 2.71 bits per heavy atom. The van der Waals surface area contributed by atoms with Gasteiger partial charge in [-0.3, -0.25) is 4.55 Å². The number of imidazole rings is 1. The van der Waals surface area contributed by atoms with Gasteiger partial charge >= 0.3 is 0 Å². The van der Waals surface area contributed by atoms with Crippen molar-refractivity contribution in [2.45, 2.75) is 26.3 Å². The minimum absolute atomic E-state index is 0.166. The molecule has 1 N–H and O–H groups in total. The van der Waals surface area contributed by atoms with Gasteiger partial charge in [0.1, 0.15) is 5.82 Å². The first-order valence-electron chi connectivity index (χ1n) is 4.42. The normalized spacial score (nSPS) is 11.9. The Labute approximate surface area is 83.5 Å². The molecule has 0 radical (unpaired) electrons. The summed E-state index contributed by atoms with van der Waals surface area (Å²) in [6.45, 7) is 2.63. The molecule has 1 aromatic rings. The first kappa shape index (κ1) is 11.2. The van der Waals surface area contributed by atoms with Crippen molar-refractivity contribution in [2.24, 2.45) is 0 Å². The SMILES string of the molecule is Cc1nccn1CCCCS(=O)(=O)O. The van der Waals surface area contributed by atoms with Crippen molar-refractivity contribution in [3.63, 3.8) is 0 Å². The van der Waals surface area contributed by atoms with E-state index in [0.29, 0.717) is 6.42 Å². The molecule has 14 heavy (non-hydrogen) atoms. The molecule has 0 amide bonds. The summed E-state index contributed by atoms with van der Waals surface area (Å²) in [6, 6.07) is 0. The third-order valence-corrected chi connectivity index (χ3v) is 2.78. The van der Waals surface area contributed by atoms with Crippen molar-refractivity contribution in [1.29, 1.82) is 0 Å². The lowest BCUT2D eigenvalue weighted by atomic mass is 10.3. The largest absolute Gasteiger partial charge is 0.335 e. The molecule has 0 aromatic carbocycles. The average Bonchev–Trinajstić information content (AvgIpc) is 2.44. The van der Waals surface area contributed by atoms with Crippen molar-refractivity contribution in [3.05, 3.63) is 18.2 Å². The van der Waals surface area contributed by atoms with Gasteiger partial charge in [0.05, 0.1) is 5.75 Å². The molecule has 6 heteroatoms. The summed E-state index contributed by atoms with van der Waals surface area (Å²) >= 11 is 0. The zero-order chi connectivity index (χ0) is 10.6. The monoisotopic (exact) mass is 218 g/mol. The van der Waals surface area contributed by atoms with E-state index in [4.69, 9.17) is 4.55 Å². The van der Waals surface area contributed by atoms with Gasteiger partial charge in [0, 0.05) is 18.9 Å². The summed E-state index contributed by atoms with van der Waals surface area (Å²) in [4.78, 5) is 4.04. The smallest absolute Gasteiger partial charge is 0.264 e. The van der Waals surface area contributed by atoms with E-state index in [0.717, 1.165) is 18.8 Å². The Kier molecular flexibility index (Phi) is 3.65. The number of nitrogens with zero attached hydrogens (tertiary/aromatic N) is 2. The van der Waals surface area contributed by atoms with Crippen LogP contribution in [0.2, 0.25) is 0 Å². The second-order valence-electron chi connectivity index (χ2n) is 3.16. The fourth-order valence-corrected chi connectivity index (χ4v) is 1.78. The van der Waals surface area contributed by atoms with Gasteiger partial charge in [0.15, 0.2) is 0 Å². The number of hydrogen-bond donors (Lipinski definition) is 1. The molecule has 1 heterocycles. The standard InChI is InChI=1S/C8H14N2O3S/c1-8-9-4-6-10(8)5-2-3-7-14(11,12)13/h4,6H,2-3,5,7H2,1H3,(H,11,12,13). The molecule has 0 bridgehead atoms. The second kappa shape index (κ2) is 4.56. The van der Waals surface area contributed by atoms with Crippen LogP contribution >= 0.6 is 0 Å². The lowest BCUT2D eigenvalue weighted by Crippen LogP contribution is -2.06. The van der Waals surface area contributed by atoms with Crippen LogP contribution < -0.4 is 0 Å². The molecule has 0 saturated carbocycles. The third kappa shape index (κ3) is 3.89. The van der Waals surface area contributed by atoms with Gasteiger partial charge in [0.2, 0.25) is 0 Å². The molecule has 0 atom stereocenters. The summed E-state index contributed by atoms with van der Waals surface area (Å²) in [7, 11) is -3.80. The average molecular weight is 218 g/mol. The first-order chi connectivity index (χ1) is 6.49. The van der Waals surface area contributed by atoms with E-state index in [-0.39, 0.29) is 5.75 Å². The quantitative estimate of drug-likeness (QED) is 0.587. The summed E-state index contributed by atoms with van der Waals surface area (Å²) < 4.78 is 31.2. The lowest BCUT2D eigenvalue weighted by Gasteiger charge is -2.03. The molecule has 0 fully saturated rings. The van der Waals surface area contributed by atoms with Crippen LogP contribution in [0.4, 0.5) is 0 Å². The van der Waals surface area contributed by atoms with Gasteiger partial charge in [-0.15, -0.1) is 0 Å². The number of aromatic nitrogens is 2. The molecule has 1 rings (SSSR count). The van der Waals surface area contributed by atoms with Crippen molar-refractivity contribution < 1.29 is 13.0 Å². The van der Waals surface area contributed by atoms with Crippen LogP contribution in [0.1, 0.15) is 18.7 Å². The van der Waals surface area contributed by atoms with Gasteiger partial charge < -0.3 is 4.57 Å². The van der Waals surface area contributed by atoms with Crippen molar-refractivity contribution in [3.8, 4) is 0 Å². The molecule has 80 valence electrons. The van der Waals surface area contributed by atoms with Crippen LogP contribution in [-0.4, -0.2) is 28.3 Å². The van der Waals surface area contributed by atoms with Crippen molar-refractivity contribution in [1.82, 2.24) is 9.55 Å². The van der Waals surface area contributed by atoms with E-state index in [1.54, 1.807) is 6.20 Å². The van der Waals surface area contributed by atoms with E-state index in [1.807, 2.05) is 17.7 Å². The maximum absolute atomic E-state index is 10.4. The van der Waals surface area contributed by atoms with E-state index < -0.39 is 10.1 Å². The van der Waals surface area contributed by atoms with E-state index in [2.05, 4.69) is 4.98 Å². The van der Waals surface area contributed by atoms with Crippen LogP contribution in [0.25, 0.3) is 0 Å². The van der Waals surface area contributed by atoms with Gasteiger partial charge in [-0.1, -0.05) is 0 Å². The summed E-state index contributed by atoms with van der Waals surface area (Å²) in [6.07, 6.45) is 4.74. The lowest BCUT2D eigenvalue weighted by molar-refractivity contribution is 0.478. The zero-order valence-corrected chi connectivity index (χ0v) is 8.87. The van der Waals surface area contributed by atoms with E-state index in [9.17, 15) is 8.42 Å². The topological polar surface area (TPSA) is 72.2 Å². The Hall–Kier alpha value is -0.880. The van der Waals surface area contributed by atoms with Crippen LogP contribution in [0, 0.1) is 6.92 Å². The highest BCUT2D eigenvalue weighted by atomic mass is 32.2. The zero-order valence-electron chi connectivity index (χ0n) is 8.05. The maximum Gasteiger partial charge on any atom is 0.264 e. The molecule has 0 spiro atoms. The number of hydrogen-bond acceptors (Lipinski definition) is 3. The molecule has 0 aliphatic heterocycles. The van der Waals surface area contributed by atoms with Gasteiger partial charge in [-0.25, -0.2) is 4.98 Å². The molecule has 1 aromatic heterocycles. The molecule has 0 aliphatic rings. The van der Waals surface area contributed by atoms with Crippen LogP contribution in [0.15, 0.2) is 12.4 Å². The first-order valence-corrected chi connectivity index (χ1v) is 6.03. The number of unbranched alkanes of at least 4 members (excludes halogenated alkanes) is 1. The Morgan fingerprint density at radius 2 is 2.21 bits per heavy atom. The Bertz CT molecular complexity index is 383. The van der Waals surface area contributed by atoms with E-state index in [1.165, 1.54) is 0 Å². The molecule has 0 aliphatic carbocycles. The molecule has 5 nitrogen and oxygen atoms in total. The Balaban J connectivity index is 2.26. The summed E-state index contributed by atoms with van der Waals surface area (Å²) in [5.41, 5.74) is 0. The molecular weight excluding hydrogens is 204 g/mol. The van der Waals surface area contributed by atoms with Crippen LogP contribution in [0.5, 0.6) is 0 Å². The van der Waals surface area contributed by atoms with E-state index >= 15 is 0 Å².